The smallest absolute Gasteiger partial charge is 0.269 e. The molecular weight excluding hydrogens is 342 g/mol. The Kier molecular flexibility index (Phi) is 5.76. The first kappa shape index (κ1) is 18.9. The van der Waals surface area contributed by atoms with E-state index in [4.69, 9.17) is 0 Å². The topological polar surface area (TPSA) is 92.6 Å². The van der Waals surface area contributed by atoms with E-state index in [0.717, 1.165) is 11.3 Å². The third-order valence-electron chi connectivity index (χ3n) is 3.90. The molecular formula is C17H21N3O4S. The molecule has 0 saturated carbocycles. The molecule has 0 atom stereocenters. The fourth-order valence-corrected chi connectivity index (χ4v) is 3.50. The van der Waals surface area contributed by atoms with Crippen molar-refractivity contribution in [3.63, 3.8) is 0 Å². The van der Waals surface area contributed by atoms with Crippen molar-refractivity contribution in [1.82, 2.24) is 4.31 Å². The number of rotatable bonds is 7. The number of nitrogens with one attached hydrogen (secondary N) is 1. The van der Waals surface area contributed by atoms with Crippen molar-refractivity contribution < 1.29 is 13.3 Å². The van der Waals surface area contributed by atoms with E-state index in [-0.39, 0.29) is 16.6 Å². The second-order valence-electron chi connectivity index (χ2n) is 5.92. The highest BCUT2D eigenvalue weighted by molar-refractivity contribution is 7.89. The first-order valence-electron chi connectivity index (χ1n) is 7.77. The van der Waals surface area contributed by atoms with Crippen LogP contribution in [0.5, 0.6) is 0 Å². The summed E-state index contributed by atoms with van der Waals surface area (Å²) in [6.07, 6.45) is 0. The zero-order chi connectivity index (χ0) is 18.6. The summed E-state index contributed by atoms with van der Waals surface area (Å²) in [6, 6.07) is 12.7. The Morgan fingerprint density at radius 2 is 1.64 bits per heavy atom. The van der Waals surface area contributed by atoms with Crippen LogP contribution in [0.4, 0.5) is 11.4 Å². The highest BCUT2D eigenvalue weighted by Gasteiger charge is 2.22. The Labute approximate surface area is 147 Å². The molecule has 0 aliphatic carbocycles. The van der Waals surface area contributed by atoms with Crippen LogP contribution < -0.4 is 5.32 Å². The van der Waals surface area contributed by atoms with Crippen LogP contribution in [0.2, 0.25) is 0 Å². The lowest BCUT2D eigenvalue weighted by atomic mass is 10.2. The molecule has 0 aromatic heterocycles. The van der Waals surface area contributed by atoms with Crippen LogP contribution in [0.25, 0.3) is 0 Å². The first-order chi connectivity index (χ1) is 11.7. The van der Waals surface area contributed by atoms with Crippen LogP contribution in [0.3, 0.4) is 0 Å². The van der Waals surface area contributed by atoms with Crippen molar-refractivity contribution in [2.75, 3.05) is 12.4 Å². The van der Waals surface area contributed by atoms with Crippen LogP contribution in [0.1, 0.15) is 19.4 Å². The van der Waals surface area contributed by atoms with Gasteiger partial charge in [0.1, 0.15) is 0 Å². The molecule has 2 aromatic rings. The summed E-state index contributed by atoms with van der Waals surface area (Å²) in [4.78, 5) is 10.4. The lowest BCUT2D eigenvalue weighted by Crippen LogP contribution is -2.33. The minimum Gasteiger partial charge on any atom is -0.381 e. The molecule has 0 fully saturated rings. The number of nitrogens with zero attached hydrogens (tertiary/aromatic N) is 2. The molecule has 1 N–H and O–H groups in total. The van der Waals surface area contributed by atoms with E-state index in [2.05, 4.69) is 5.32 Å². The summed E-state index contributed by atoms with van der Waals surface area (Å²) < 4.78 is 26.1. The predicted molar refractivity (Wildman–Crippen MR) is 96.9 cm³/mol. The third-order valence-corrected chi connectivity index (χ3v) is 5.95. The second-order valence-corrected chi connectivity index (χ2v) is 7.91. The van der Waals surface area contributed by atoms with Gasteiger partial charge in [0.05, 0.1) is 9.82 Å². The summed E-state index contributed by atoms with van der Waals surface area (Å²) >= 11 is 0. The number of non-ortho nitro benzene ring substituents is 1. The van der Waals surface area contributed by atoms with E-state index in [1.165, 1.54) is 16.4 Å². The molecule has 0 unspecified atom stereocenters. The van der Waals surface area contributed by atoms with Gasteiger partial charge in [0.25, 0.3) is 5.69 Å². The summed E-state index contributed by atoms with van der Waals surface area (Å²) in [5.74, 6) is 0. The van der Waals surface area contributed by atoms with Crippen molar-refractivity contribution in [1.29, 1.82) is 0 Å². The average molecular weight is 363 g/mol. The predicted octanol–water partition coefficient (Wildman–Crippen LogP) is 3.24. The van der Waals surface area contributed by atoms with Crippen molar-refractivity contribution in [3.05, 3.63) is 64.2 Å². The Morgan fingerprint density at radius 3 is 2.12 bits per heavy atom. The molecule has 0 aliphatic rings. The summed E-state index contributed by atoms with van der Waals surface area (Å²) in [6.45, 7) is 4.12. The quantitative estimate of drug-likeness (QED) is 0.602. The molecule has 134 valence electrons. The molecule has 2 rings (SSSR count). The zero-order valence-electron chi connectivity index (χ0n) is 14.3. The minimum atomic E-state index is -3.49. The van der Waals surface area contributed by atoms with Crippen molar-refractivity contribution in [2.45, 2.75) is 31.3 Å². The maximum atomic E-state index is 12.4. The number of benzene rings is 2. The molecule has 0 radical (unpaired) electrons. The number of sulfonamides is 1. The number of hydrogen-bond donors (Lipinski definition) is 1. The van der Waals surface area contributed by atoms with E-state index in [0.29, 0.717) is 6.54 Å². The standard InChI is InChI=1S/C17H21N3O4S/c1-13(2)19(3)25(23,24)17-10-4-14(5-11-17)12-18-15-6-8-16(9-7-15)20(21)22/h4-11,13,18H,12H2,1-3H3. The van der Waals surface area contributed by atoms with Gasteiger partial charge in [0.2, 0.25) is 10.0 Å². The minimum absolute atomic E-state index is 0.0365. The SMILES string of the molecule is CC(C)N(C)S(=O)(=O)c1ccc(CNc2ccc([N+](=O)[O-])cc2)cc1. The maximum Gasteiger partial charge on any atom is 0.269 e. The molecule has 8 heteroatoms. The van der Waals surface area contributed by atoms with Crippen molar-refractivity contribution in [2.24, 2.45) is 0 Å². The molecule has 25 heavy (non-hydrogen) atoms. The van der Waals surface area contributed by atoms with E-state index in [9.17, 15) is 18.5 Å². The van der Waals surface area contributed by atoms with Crippen LogP contribution in [0, 0.1) is 10.1 Å². The molecule has 0 amide bonds. The normalized spacial score (nSPS) is 11.7. The lowest BCUT2D eigenvalue weighted by Gasteiger charge is -2.21. The van der Waals surface area contributed by atoms with Gasteiger partial charge in [0.15, 0.2) is 0 Å². The third kappa shape index (κ3) is 4.55. The Morgan fingerprint density at radius 1 is 1.08 bits per heavy atom. The molecule has 0 saturated heterocycles. The van der Waals surface area contributed by atoms with Gasteiger partial charge < -0.3 is 5.32 Å². The van der Waals surface area contributed by atoms with Gasteiger partial charge >= 0.3 is 0 Å². The molecule has 0 bridgehead atoms. The zero-order valence-corrected chi connectivity index (χ0v) is 15.2. The van der Waals surface area contributed by atoms with Crippen molar-refractivity contribution in [3.8, 4) is 0 Å². The summed E-state index contributed by atoms with van der Waals surface area (Å²) in [5, 5.41) is 13.8. The van der Waals surface area contributed by atoms with E-state index in [1.54, 1.807) is 43.4 Å². The van der Waals surface area contributed by atoms with Crippen LogP contribution in [0.15, 0.2) is 53.4 Å². The van der Waals surface area contributed by atoms with Gasteiger partial charge in [-0.25, -0.2) is 8.42 Å². The molecule has 7 nitrogen and oxygen atoms in total. The maximum absolute atomic E-state index is 12.4. The summed E-state index contributed by atoms with van der Waals surface area (Å²) in [5.41, 5.74) is 1.70. The molecule has 0 heterocycles. The van der Waals surface area contributed by atoms with Gasteiger partial charge in [-0.3, -0.25) is 10.1 Å². The fraction of sp³-hybridized carbons (Fsp3) is 0.294. The van der Waals surface area contributed by atoms with Gasteiger partial charge in [0, 0.05) is 37.5 Å². The van der Waals surface area contributed by atoms with Gasteiger partial charge in [-0.1, -0.05) is 12.1 Å². The highest BCUT2D eigenvalue weighted by atomic mass is 32.2. The van der Waals surface area contributed by atoms with Gasteiger partial charge in [-0.2, -0.15) is 4.31 Å². The van der Waals surface area contributed by atoms with Crippen LogP contribution in [-0.4, -0.2) is 30.7 Å². The molecule has 0 aliphatic heterocycles. The monoisotopic (exact) mass is 363 g/mol. The number of nitro benzene ring substituents is 1. The highest BCUT2D eigenvalue weighted by Crippen LogP contribution is 2.19. The largest absolute Gasteiger partial charge is 0.381 e. The van der Waals surface area contributed by atoms with E-state index < -0.39 is 14.9 Å². The van der Waals surface area contributed by atoms with Crippen molar-refractivity contribution >= 4 is 21.4 Å². The lowest BCUT2D eigenvalue weighted by molar-refractivity contribution is -0.384. The molecule has 2 aromatic carbocycles. The number of hydrogen-bond acceptors (Lipinski definition) is 5. The van der Waals surface area contributed by atoms with E-state index in [1.807, 2.05) is 13.8 Å². The average Bonchev–Trinajstić information content (AvgIpc) is 2.59. The first-order valence-corrected chi connectivity index (χ1v) is 9.21. The number of anilines is 1. The van der Waals surface area contributed by atoms with Gasteiger partial charge in [-0.15, -0.1) is 0 Å². The van der Waals surface area contributed by atoms with E-state index >= 15 is 0 Å². The second kappa shape index (κ2) is 7.62. The van der Waals surface area contributed by atoms with Gasteiger partial charge in [-0.05, 0) is 43.7 Å². The molecule has 0 spiro atoms. The van der Waals surface area contributed by atoms with Crippen LogP contribution >= 0.6 is 0 Å². The van der Waals surface area contributed by atoms with Crippen LogP contribution in [-0.2, 0) is 16.6 Å². The Bertz CT molecular complexity index is 831. The fourth-order valence-electron chi connectivity index (χ4n) is 2.13. The Balaban J connectivity index is 2.04. The Hall–Kier alpha value is -2.45. The summed E-state index contributed by atoms with van der Waals surface area (Å²) in [7, 11) is -1.93. The number of nitro groups is 1.